The topological polar surface area (TPSA) is 23.5 Å². The Morgan fingerprint density at radius 1 is 1.05 bits per heavy atom. The van der Waals surface area contributed by atoms with E-state index in [0.717, 1.165) is 12.1 Å². The minimum absolute atomic E-state index is 0.239. The fourth-order valence-electron chi connectivity index (χ4n) is 2.30. The third kappa shape index (κ3) is 3.36. The molecule has 0 aliphatic heterocycles. The highest BCUT2D eigenvalue weighted by Crippen LogP contribution is 2.34. The van der Waals surface area contributed by atoms with Crippen LogP contribution in [0.4, 0.5) is 5.69 Å². The van der Waals surface area contributed by atoms with Crippen LogP contribution in [0.3, 0.4) is 0 Å². The monoisotopic (exact) mass is 397 g/mol. The Kier molecular flexibility index (Phi) is 4.76. The Morgan fingerprint density at radius 2 is 1.65 bits per heavy atom. The minimum atomic E-state index is 0.239. The summed E-state index contributed by atoms with van der Waals surface area (Å²) in [5.41, 5.74) is 4.89. The summed E-state index contributed by atoms with van der Waals surface area (Å²) in [6.07, 6.45) is 0. The number of aromatic hydroxyl groups is 1. The van der Waals surface area contributed by atoms with E-state index in [1.807, 2.05) is 12.1 Å². The molecule has 2 rings (SSSR count). The zero-order valence-corrected chi connectivity index (χ0v) is 14.9. The largest absolute Gasteiger partial charge is 0.506 e. The zero-order valence-electron chi connectivity index (χ0n) is 11.7. The standard InChI is InChI=1S/C16H17Br2NO/c1-10-4-5-15(11(2)6-10)19(3)9-12-7-13(17)16(20)14(18)8-12/h4-8,20H,9H2,1-3H3. The maximum Gasteiger partial charge on any atom is 0.143 e. The highest BCUT2D eigenvalue weighted by atomic mass is 79.9. The van der Waals surface area contributed by atoms with E-state index in [4.69, 9.17) is 0 Å². The maximum atomic E-state index is 9.75. The van der Waals surface area contributed by atoms with Gasteiger partial charge >= 0.3 is 0 Å². The molecule has 0 atom stereocenters. The summed E-state index contributed by atoms with van der Waals surface area (Å²) in [5, 5.41) is 9.75. The third-order valence-corrected chi connectivity index (χ3v) is 4.47. The van der Waals surface area contributed by atoms with Crippen LogP contribution in [0.25, 0.3) is 0 Å². The molecule has 106 valence electrons. The lowest BCUT2D eigenvalue weighted by molar-refractivity contribution is 0.468. The maximum absolute atomic E-state index is 9.75. The van der Waals surface area contributed by atoms with Crippen LogP contribution in [0.1, 0.15) is 16.7 Å². The summed E-state index contributed by atoms with van der Waals surface area (Å²) >= 11 is 6.74. The first-order chi connectivity index (χ1) is 9.38. The van der Waals surface area contributed by atoms with Crippen molar-refractivity contribution in [2.45, 2.75) is 20.4 Å². The van der Waals surface area contributed by atoms with Gasteiger partial charge in [0.05, 0.1) is 8.95 Å². The predicted octanol–water partition coefficient (Wildman–Crippen LogP) is 5.17. The van der Waals surface area contributed by atoms with Gasteiger partial charge in [0.25, 0.3) is 0 Å². The lowest BCUT2D eigenvalue weighted by Gasteiger charge is -2.22. The van der Waals surface area contributed by atoms with Crippen molar-refractivity contribution in [1.82, 2.24) is 0 Å². The molecule has 0 aromatic heterocycles. The number of halogens is 2. The SMILES string of the molecule is Cc1ccc(N(C)Cc2cc(Br)c(O)c(Br)c2)c(C)c1. The van der Waals surface area contributed by atoms with Gasteiger partial charge in [-0.25, -0.2) is 0 Å². The molecular formula is C16H17Br2NO. The number of aryl methyl sites for hydroxylation is 2. The van der Waals surface area contributed by atoms with Crippen molar-refractivity contribution < 1.29 is 5.11 Å². The average Bonchev–Trinajstić information content (AvgIpc) is 2.35. The molecule has 0 fully saturated rings. The van der Waals surface area contributed by atoms with E-state index in [9.17, 15) is 5.11 Å². The van der Waals surface area contributed by atoms with Crippen LogP contribution in [0, 0.1) is 13.8 Å². The van der Waals surface area contributed by atoms with Gasteiger partial charge in [-0.15, -0.1) is 0 Å². The molecule has 4 heteroatoms. The molecule has 0 aliphatic rings. The quantitative estimate of drug-likeness (QED) is 0.770. The highest BCUT2D eigenvalue weighted by molar-refractivity contribution is 9.11. The number of rotatable bonds is 3. The number of phenolic OH excluding ortho intramolecular Hbond substituents is 1. The van der Waals surface area contributed by atoms with Crippen LogP contribution < -0.4 is 4.90 Å². The van der Waals surface area contributed by atoms with Crippen LogP contribution in [0.15, 0.2) is 39.3 Å². The molecule has 0 heterocycles. The summed E-state index contributed by atoms with van der Waals surface area (Å²) in [6, 6.07) is 10.4. The van der Waals surface area contributed by atoms with Gasteiger partial charge in [-0.3, -0.25) is 0 Å². The second-order valence-corrected chi connectivity index (χ2v) is 6.76. The molecule has 0 unspecified atom stereocenters. The molecule has 0 spiro atoms. The first-order valence-electron chi connectivity index (χ1n) is 6.33. The molecule has 0 radical (unpaired) electrons. The molecule has 0 bridgehead atoms. The molecule has 20 heavy (non-hydrogen) atoms. The Hall–Kier alpha value is -1.000. The van der Waals surface area contributed by atoms with E-state index in [1.54, 1.807) is 0 Å². The number of anilines is 1. The van der Waals surface area contributed by atoms with E-state index >= 15 is 0 Å². The minimum Gasteiger partial charge on any atom is -0.506 e. The van der Waals surface area contributed by atoms with Crippen LogP contribution in [0.5, 0.6) is 5.75 Å². The highest BCUT2D eigenvalue weighted by Gasteiger charge is 2.09. The van der Waals surface area contributed by atoms with Crippen molar-refractivity contribution >= 4 is 37.5 Å². The fraction of sp³-hybridized carbons (Fsp3) is 0.250. The molecule has 2 nitrogen and oxygen atoms in total. The number of hydrogen-bond donors (Lipinski definition) is 1. The van der Waals surface area contributed by atoms with Crippen molar-refractivity contribution in [2.75, 3.05) is 11.9 Å². The summed E-state index contributed by atoms with van der Waals surface area (Å²) < 4.78 is 1.41. The summed E-state index contributed by atoms with van der Waals surface area (Å²) in [4.78, 5) is 2.21. The van der Waals surface area contributed by atoms with Gasteiger partial charge in [0, 0.05) is 19.3 Å². The molecule has 2 aromatic carbocycles. The van der Waals surface area contributed by atoms with Gasteiger partial charge in [-0.2, -0.15) is 0 Å². The van der Waals surface area contributed by atoms with Crippen molar-refractivity contribution in [3.63, 3.8) is 0 Å². The number of hydrogen-bond acceptors (Lipinski definition) is 2. The molecular weight excluding hydrogens is 382 g/mol. The predicted molar refractivity (Wildman–Crippen MR) is 91.5 cm³/mol. The Morgan fingerprint density at radius 3 is 2.20 bits per heavy atom. The third-order valence-electron chi connectivity index (χ3n) is 3.26. The van der Waals surface area contributed by atoms with E-state index in [1.165, 1.54) is 16.8 Å². The van der Waals surface area contributed by atoms with Crippen molar-refractivity contribution in [1.29, 1.82) is 0 Å². The normalized spacial score (nSPS) is 10.7. The van der Waals surface area contributed by atoms with Crippen LogP contribution in [0.2, 0.25) is 0 Å². The van der Waals surface area contributed by atoms with E-state index in [2.05, 4.69) is 75.9 Å². The summed E-state index contributed by atoms with van der Waals surface area (Å²) in [7, 11) is 2.08. The Balaban J connectivity index is 2.25. The molecule has 0 saturated heterocycles. The summed E-state index contributed by atoms with van der Waals surface area (Å²) in [6.45, 7) is 5.01. The number of nitrogens with zero attached hydrogens (tertiary/aromatic N) is 1. The van der Waals surface area contributed by atoms with E-state index < -0.39 is 0 Å². The van der Waals surface area contributed by atoms with Crippen LogP contribution in [-0.2, 0) is 6.54 Å². The number of phenols is 1. The molecule has 0 saturated carbocycles. The smallest absolute Gasteiger partial charge is 0.143 e. The van der Waals surface area contributed by atoms with Gasteiger partial charge in [0.1, 0.15) is 5.75 Å². The van der Waals surface area contributed by atoms with Crippen LogP contribution in [-0.4, -0.2) is 12.2 Å². The lowest BCUT2D eigenvalue weighted by Crippen LogP contribution is -2.17. The Labute approximate surface area is 136 Å². The van der Waals surface area contributed by atoms with Gasteiger partial charge < -0.3 is 10.0 Å². The zero-order chi connectivity index (χ0) is 14.9. The lowest BCUT2D eigenvalue weighted by atomic mass is 10.1. The second kappa shape index (κ2) is 6.19. The first-order valence-corrected chi connectivity index (χ1v) is 7.92. The van der Waals surface area contributed by atoms with Crippen molar-refractivity contribution in [2.24, 2.45) is 0 Å². The number of benzene rings is 2. The van der Waals surface area contributed by atoms with Gasteiger partial charge in [-0.1, -0.05) is 17.7 Å². The van der Waals surface area contributed by atoms with E-state index in [-0.39, 0.29) is 5.75 Å². The van der Waals surface area contributed by atoms with Crippen LogP contribution >= 0.6 is 31.9 Å². The summed E-state index contributed by atoms with van der Waals surface area (Å²) in [5.74, 6) is 0.239. The second-order valence-electron chi connectivity index (χ2n) is 5.05. The van der Waals surface area contributed by atoms with Gasteiger partial charge in [0.2, 0.25) is 0 Å². The molecule has 2 aromatic rings. The molecule has 0 amide bonds. The van der Waals surface area contributed by atoms with E-state index in [0.29, 0.717) is 8.95 Å². The van der Waals surface area contributed by atoms with Crippen molar-refractivity contribution in [3.05, 3.63) is 56.0 Å². The average molecular weight is 399 g/mol. The molecule has 1 N–H and O–H groups in total. The Bertz CT molecular complexity index is 617. The van der Waals surface area contributed by atoms with Crippen molar-refractivity contribution in [3.8, 4) is 5.75 Å². The first kappa shape index (κ1) is 15.4. The van der Waals surface area contributed by atoms with Gasteiger partial charge in [-0.05, 0) is 75.0 Å². The fourth-order valence-corrected chi connectivity index (χ4v) is 3.58. The molecule has 0 aliphatic carbocycles. The van der Waals surface area contributed by atoms with Gasteiger partial charge in [0.15, 0.2) is 0 Å².